The van der Waals surface area contributed by atoms with Crippen molar-refractivity contribution in [1.29, 1.82) is 0 Å². The van der Waals surface area contributed by atoms with Crippen molar-refractivity contribution < 1.29 is 14.3 Å². The number of halogens is 1. The maximum Gasteiger partial charge on any atom is 0.255 e. The molecule has 1 aliphatic heterocycles. The molecule has 0 aliphatic carbocycles. The molecule has 0 aromatic heterocycles. The Hall–Kier alpha value is -2.77. The molecule has 2 amide bonds. The van der Waals surface area contributed by atoms with Crippen LogP contribution in [0.1, 0.15) is 21.3 Å². The number of amides is 2. The zero-order chi connectivity index (χ0) is 21.1. The van der Waals surface area contributed by atoms with Crippen LogP contribution in [0.4, 0.5) is 11.4 Å². The van der Waals surface area contributed by atoms with Crippen molar-refractivity contribution in [2.75, 3.05) is 23.1 Å². The van der Waals surface area contributed by atoms with E-state index < -0.39 is 0 Å². The molecule has 4 rings (SSSR count). The van der Waals surface area contributed by atoms with E-state index in [0.717, 1.165) is 15.7 Å². The molecule has 30 heavy (non-hydrogen) atoms. The molecule has 1 heterocycles. The van der Waals surface area contributed by atoms with E-state index >= 15 is 0 Å². The second kappa shape index (κ2) is 8.93. The van der Waals surface area contributed by atoms with Crippen LogP contribution in [0.25, 0.3) is 0 Å². The minimum atomic E-state index is -0.181. The van der Waals surface area contributed by atoms with Gasteiger partial charge in [0.2, 0.25) is 5.91 Å². The summed E-state index contributed by atoms with van der Waals surface area (Å²) in [6, 6.07) is 22.3. The lowest BCUT2D eigenvalue weighted by Gasteiger charge is -2.25. The molecule has 1 N–H and O–H groups in total. The summed E-state index contributed by atoms with van der Waals surface area (Å²) in [6.07, 6.45) is 0. The summed E-state index contributed by atoms with van der Waals surface area (Å²) in [5.41, 5.74) is 3.00. The van der Waals surface area contributed by atoms with Gasteiger partial charge >= 0.3 is 0 Å². The number of hydrogen-bond acceptors (Lipinski definition) is 4. The van der Waals surface area contributed by atoms with E-state index in [0.29, 0.717) is 22.8 Å². The highest BCUT2D eigenvalue weighted by Crippen LogP contribution is 2.42. The number of carbonyl (C=O) groups excluding carboxylic acids is 2. The quantitative estimate of drug-likeness (QED) is 0.522. The Bertz CT molecular complexity index is 1090. The first-order valence-corrected chi connectivity index (χ1v) is 11.1. The third-order valence-corrected chi connectivity index (χ3v) is 6.48. The van der Waals surface area contributed by atoms with Gasteiger partial charge in [0.05, 0.1) is 12.9 Å². The van der Waals surface area contributed by atoms with E-state index in [4.69, 9.17) is 4.74 Å². The van der Waals surface area contributed by atoms with Gasteiger partial charge in [-0.3, -0.25) is 14.5 Å². The van der Waals surface area contributed by atoms with Crippen molar-refractivity contribution >= 4 is 50.9 Å². The van der Waals surface area contributed by atoms with E-state index in [1.807, 2.05) is 60.7 Å². The largest absolute Gasteiger partial charge is 0.497 e. The summed E-state index contributed by atoms with van der Waals surface area (Å²) < 4.78 is 6.23. The van der Waals surface area contributed by atoms with Crippen molar-refractivity contribution in [2.24, 2.45) is 0 Å². The minimum Gasteiger partial charge on any atom is -0.497 e. The summed E-state index contributed by atoms with van der Waals surface area (Å²) >= 11 is 4.94. The van der Waals surface area contributed by atoms with Crippen molar-refractivity contribution in [2.45, 2.75) is 5.37 Å². The fourth-order valence-electron chi connectivity index (χ4n) is 3.28. The molecule has 3 aromatic rings. The lowest BCUT2D eigenvalue weighted by atomic mass is 10.1. The second-order valence-corrected chi connectivity index (χ2v) is 8.70. The lowest BCUT2D eigenvalue weighted by Crippen LogP contribution is -2.27. The maximum atomic E-state index is 12.6. The van der Waals surface area contributed by atoms with Crippen molar-refractivity contribution in [3.8, 4) is 5.75 Å². The number of benzene rings is 3. The number of thioether (sulfide) groups is 1. The number of rotatable bonds is 5. The molecule has 1 saturated heterocycles. The molecule has 0 spiro atoms. The number of methoxy groups -OCH3 is 1. The van der Waals surface area contributed by atoms with E-state index in [1.165, 1.54) is 0 Å². The van der Waals surface area contributed by atoms with E-state index in [9.17, 15) is 9.59 Å². The van der Waals surface area contributed by atoms with Gasteiger partial charge in [0, 0.05) is 27.5 Å². The highest BCUT2D eigenvalue weighted by Gasteiger charge is 2.34. The van der Waals surface area contributed by atoms with Crippen LogP contribution in [-0.2, 0) is 4.79 Å². The van der Waals surface area contributed by atoms with Gasteiger partial charge in [0.1, 0.15) is 11.1 Å². The van der Waals surface area contributed by atoms with E-state index in [2.05, 4.69) is 21.2 Å². The van der Waals surface area contributed by atoms with Gasteiger partial charge in [0.25, 0.3) is 5.91 Å². The summed E-state index contributed by atoms with van der Waals surface area (Å²) in [5, 5.41) is 2.77. The predicted molar refractivity (Wildman–Crippen MR) is 124 cm³/mol. The molecule has 7 heteroatoms. The number of nitrogens with one attached hydrogen (secondary N) is 1. The Balaban J connectivity index is 1.58. The van der Waals surface area contributed by atoms with Gasteiger partial charge in [-0.1, -0.05) is 34.1 Å². The predicted octanol–water partition coefficient (Wildman–Crippen LogP) is 5.49. The van der Waals surface area contributed by atoms with Gasteiger partial charge in [-0.15, -0.1) is 11.8 Å². The van der Waals surface area contributed by atoms with Gasteiger partial charge in [-0.05, 0) is 54.1 Å². The van der Waals surface area contributed by atoms with Crippen LogP contribution in [0.5, 0.6) is 5.75 Å². The highest BCUT2D eigenvalue weighted by atomic mass is 79.9. The van der Waals surface area contributed by atoms with E-state index in [1.54, 1.807) is 35.9 Å². The Morgan fingerprint density at radius 1 is 1.10 bits per heavy atom. The highest BCUT2D eigenvalue weighted by molar-refractivity contribution is 9.10. The maximum absolute atomic E-state index is 12.6. The van der Waals surface area contributed by atoms with Gasteiger partial charge in [-0.25, -0.2) is 0 Å². The first-order chi connectivity index (χ1) is 14.5. The zero-order valence-corrected chi connectivity index (χ0v) is 18.6. The standard InChI is InChI=1S/C23H19BrN2O3S/c1-29-20-7-3-6-19(13-20)26-21(27)14-30-23(26)16-4-2-5-18(12-16)25-22(28)15-8-10-17(24)11-9-15/h2-13,23H,14H2,1H3,(H,25,28). The molecule has 1 fully saturated rings. The van der Waals surface area contributed by atoms with Crippen LogP contribution in [-0.4, -0.2) is 24.7 Å². The lowest BCUT2D eigenvalue weighted by molar-refractivity contribution is -0.115. The molecule has 1 unspecified atom stereocenters. The first kappa shape index (κ1) is 20.5. The summed E-state index contributed by atoms with van der Waals surface area (Å²) in [6.45, 7) is 0. The fourth-order valence-corrected chi connectivity index (χ4v) is 4.72. The smallest absolute Gasteiger partial charge is 0.255 e. The van der Waals surface area contributed by atoms with Crippen LogP contribution < -0.4 is 15.0 Å². The van der Waals surface area contributed by atoms with Crippen LogP contribution in [0.3, 0.4) is 0 Å². The van der Waals surface area contributed by atoms with Gasteiger partial charge in [-0.2, -0.15) is 0 Å². The molecule has 1 aliphatic rings. The first-order valence-electron chi connectivity index (χ1n) is 9.30. The topological polar surface area (TPSA) is 58.6 Å². The van der Waals surface area contributed by atoms with Crippen LogP contribution >= 0.6 is 27.7 Å². The summed E-state index contributed by atoms with van der Waals surface area (Å²) in [7, 11) is 1.61. The Kier molecular flexibility index (Phi) is 6.11. The zero-order valence-electron chi connectivity index (χ0n) is 16.2. The molecule has 0 bridgehead atoms. The average Bonchev–Trinajstić information content (AvgIpc) is 3.16. The van der Waals surface area contributed by atoms with Gasteiger partial charge < -0.3 is 10.1 Å². The van der Waals surface area contributed by atoms with Crippen LogP contribution in [0.15, 0.2) is 77.3 Å². The van der Waals surface area contributed by atoms with Crippen LogP contribution in [0.2, 0.25) is 0 Å². The average molecular weight is 483 g/mol. The summed E-state index contributed by atoms with van der Waals surface area (Å²) in [4.78, 5) is 27.0. The minimum absolute atomic E-state index is 0.0440. The monoisotopic (exact) mass is 482 g/mol. The van der Waals surface area contributed by atoms with Crippen molar-refractivity contribution in [3.63, 3.8) is 0 Å². The molecule has 3 aromatic carbocycles. The van der Waals surface area contributed by atoms with Crippen molar-refractivity contribution in [3.05, 3.63) is 88.4 Å². The molecule has 5 nitrogen and oxygen atoms in total. The molecule has 0 saturated carbocycles. The SMILES string of the molecule is COc1cccc(N2C(=O)CSC2c2cccc(NC(=O)c3ccc(Br)cc3)c2)c1. The Morgan fingerprint density at radius 2 is 1.87 bits per heavy atom. The van der Waals surface area contributed by atoms with E-state index in [-0.39, 0.29) is 17.2 Å². The molecule has 1 atom stereocenters. The fraction of sp³-hybridized carbons (Fsp3) is 0.130. The third-order valence-electron chi connectivity index (χ3n) is 4.74. The number of hydrogen-bond donors (Lipinski definition) is 1. The number of ether oxygens (including phenoxy) is 1. The van der Waals surface area contributed by atoms with Gasteiger partial charge in [0.15, 0.2) is 0 Å². The third kappa shape index (κ3) is 4.37. The Morgan fingerprint density at radius 3 is 2.63 bits per heavy atom. The number of carbonyl (C=O) groups is 2. The second-order valence-electron chi connectivity index (χ2n) is 6.72. The molecule has 152 valence electrons. The molecule has 0 radical (unpaired) electrons. The molecular weight excluding hydrogens is 464 g/mol. The van der Waals surface area contributed by atoms with Crippen molar-refractivity contribution in [1.82, 2.24) is 0 Å². The molecular formula is C23H19BrN2O3S. The Labute approximate surface area is 187 Å². The normalized spacial score (nSPS) is 15.9. The number of anilines is 2. The van der Waals surface area contributed by atoms with Crippen LogP contribution in [0, 0.1) is 0 Å². The summed E-state index contributed by atoms with van der Waals surface area (Å²) in [5.74, 6) is 0.964. The number of nitrogens with zero attached hydrogens (tertiary/aromatic N) is 1.